The van der Waals surface area contributed by atoms with Crippen molar-refractivity contribution in [3.8, 4) is 0 Å². The number of carbonyl (C=O) groups is 4. The van der Waals surface area contributed by atoms with Crippen LogP contribution in [0.15, 0.2) is 0 Å². The van der Waals surface area contributed by atoms with E-state index in [1.165, 1.54) is 141 Å². The van der Waals surface area contributed by atoms with Gasteiger partial charge in [0, 0.05) is 25.7 Å². The molecule has 0 radical (unpaired) electrons. The van der Waals surface area contributed by atoms with Gasteiger partial charge in [0.05, 0.1) is 26.4 Å². The lowest BCUT2D eigenvalue weighted by Gasteiger charge is -2.21. The first-order valence-electron chi connectivity index (χ1n) is 35.7. The van der Waals surface area contributed by atoms with Crippen molar-refractivity contribution in [1.29, 1.82) is 0 Å². The fourth-order valence-electron chi connectivity index (χ4n) is 10.3. The van der Waals surface area contributed by atoms with Crippen LogP contribution in [-0.2, 0) is 65.4 Å². The minimum absolute atomic E-state index is 0.103. The van der Waals surface area contributed by atoms with Gasteiger partial charge in [0.15, 0.2) is 12.2 Å². The van der Waals surface area contributed by atoms with Gasteiger partial charge in [0.1, 0.15) is 19.3 Å². The van der Waals surface area contributed by atoms with Gasteiger partial charge in [-0.1, -0.05) is 287 Å². The van der Waals surface area contributed by atoms with Crippen LogP contribution < -0.4 is 0 Å². The first-order chi connectivity index (χ1) is 42.1. The van der Waals surface area contributed by atoms with Crippen LogP contribution in [0.3, 0.4) is 0 Å². The Balaban J connectivity index is 5.25. The molecule has 88 heavy (non-hydrogen) atoms. The second-order valence-electron chi connectivity index (χ2n) is 26.6. The Morgan fingerprint density at radius 1 is 0.318 bits per heavy atom. The Kier molecular flexibility index (Phi) is 57.6. The standard InChI is InChI=1S/C69H134O17P2/c1-9-62(8)48-40-32-24-15-11-13-17-27-35-43-51-68(73)85-64(55-80-67(72)50-42-34-26-19-18-22-30-38-46-60(4)5)57-83-87(75,76)81-53-63(70)54-82-88(77,78)84-58-65(86-69(74)52-44-36-28-20-23-31-39-47-61(6)7)56-79-66(71)49-41-33-25-16-12-10-14-21-29-37-45-59(2)3/h59-65,70H,9-58H2,1-8H3,(H,75,76)(H,77,78)/t62?,63?,64-,65-/m1/s1. The van der Waals surface area contributed by atoms with Crippen molar-refractivity contribution >= 4 is 39.5 Å². The molecule has 3 N–H and O–H groups in total. The van der Waals surface area contributed by atoms with E-state index in [0.29, 0.717) is 31.6 Å². The normalized spacial score (nSPS) is 14.6. The average Bonchev–Trinajstić information content (AvgIpc) is 3.60. The number of aliphatic hydroxyl groups is 1. The van der Waals surface area contributed by atoms with Crippen molar-refractivity contribution in [3.63, 3.8) is 0 Å². The second kappa shape index (κ2) is 58.8. The molecule has 17 nitrogen and oxygen atoms in total. The Morgan fingerprint density at radius 2 is 0.545 bits per heavy atom. The van der Waals surface area contributed by atoms with Crippen LogP contribution in [0, 0.1) is 23.7 Å². The van der Waals surface area contributed by atoms with E-state index in [1.807, 2.05) is 0 Å². The van der Waals surface area contributed by atoms with Crippen LogP contribution in [0.5, 0.6) is 0 Å². The molecule has 0 amide bonds. The highest BCUT2D eigenvalue weighted by Gasteiger charge is 2.30. The summed E-state index contributed by atoms with van der Waals surface area (Å²) in [5.41, 5.74) is 0. The van der Waals surface area contributed by atoms with Crippen LogP contribution in [0.25, 0.3) is 0 Å². The van der Waals surface area contributed by atoms with Gasteiger partial charge >= 0.3 is 39.5 Å². The molecule has 0 bridgehead atoms. The van der Waals surface area contributed by atoms with E-state index in [0.717, 1.165) is 108 Å². The van der Waals surface area contributed by atoms with Crippen molar-refractivity contribution in [2.75, 3.05) is 39.6 Å². The largest absolute Gasteiger partial charge is 0.472 e. The number of phosphoric ester groups is 2. The molecule has 522 valence electrons. The van der Waals surface area contributed by atoms with Gasteiger partial charge in [-0.15, -0.1) is 0 Å². The fraction of sp³-hybridized carbons (Fsp3) is 0.942. The minimum atomic E-state index is -4.95. The number of rotatable bonds is 66. The molecular formula is C69H134O17P2. The third-order valence-corrected chi connectivity index (χ3v) is 18.1. The lowest BCUT2D eigenvalue weighted by atomic mass is 9.99. The average molecular weight is 1300 g/mol. The maximum Gasteiger partial charge on any atom is 0.472 e. The molecule has 19 heteroatoms. The number of phosphoric acid groups is 2. The van der Waals surface area contributed by atoms with E-state index in [4.69, 9.17) is 37.0 Å². The summed E-state index contributed by atoms with van der Waals surface area (Å²) >= 11 is 0. The minimum Gasteiger partial charge on any atom is -0.462 e. The second-order valence-corrected chi connectivity index (χ2v) is 29.5. The zero-order chi connectivity index (χ0) is 65.4. The van der Waals surface area contributed by atoms with Crippen LogP contribution >= 0.6 is 15.6 Å². The van der Waals surface area contributed by atoms with E-state index in [1.54, 1.807) is 0 Å². The first kappa shape index (κ1) is 86.1. The van der Waals surface area contributed by atoms with Crippen molar-refractivity contribution in [1.82, 2.24) is 0 Å². The SMILES string of the molecule is CCC(C)CCCCCCCCCCCCC(=O)O[C@H](COC(=O)CCCCCCCCCCC(C)C)COP(=O)(O)OCC(O)COP(=O)(O)OC[C@@H](COC(=O)CCCCCCCCCCCCC(C)C)OC(=O)CCCCCCCCCC(C)C. The molecule has 6 atom stereocenters. The van der Waals surface area contributed by atoms with Gasteiger partial charge in [-0.05, 0) is 49.4 Å². The molecule has 0 saturated carbocycles. The van der Waals surface area contributed by atoms with Crippen molar-refractivity contribution in [2.45, 2.75) is 356 Å². The molecule has 0 fully saturated rings. The highest BCUT2D eigenvalue weighted by molar-refractivity contribution is 7.47. The van der Waals surface area contributed by atoms with Crippen LogP contribution in [0.1, 0.15) is 338 Å². The summed E-state index contributed by atoms with van der Waals surface area (Å²) in [4.78, 5) is 72.5. The number of unbranched alkanes of at least 4 members (excludes halogenated alkanes) is 31. The van der Waals surface area contributed by atoms with E-state index in [2.05, 4.69) is 55.4 Å². The molecule has 0 aliphatic rings. The van der Waals surface area contributed by atoms with Gasteiger partial charge < -0.3 is 33.8 Å². The number of esters is 4. The lowest BCUT2D eigenvalue weighted by Crippen LogP contribution is -2.30. The van der Waals surface area contributed by atoms with E-state index >= 15 is 0 Å². The summed E-state index contributed by atoms with van der Waals surface area (Å²) in [6.07, 6.45) is 40.3. The van der Waals surface area contributed by atoms with Crippen LogP contribution in [-0.4, -0.2) is 96.7 Å². The highest BCUT2D eigenvalue weighted by atomic mass is 31.2. The predicted molar refractivity (Wildman–Crippen MR) is 354 cm³/mol. The number of hydrogen-bond acceptors (Lipinski definition) is 15. The zero-order valence-electron chi connectivity index (χ0n) is 57.3. The highest BCUT2D eigenvalue weighted by Crippen LogP contribution is 2.45. The third-order valence-electron chi connectivity index (χ3n) is 16.2. The summed E-state index contributed by atoms with van der Waals surface area (Å²) in [6.45, 7) is 14.1. The third kappa shape index (κ3) is 61.6. The Labute approximate surface area is 537 Å². The van der Waals surface area contributed by atoms with Crippen molar-refractivity contribution in [2.24, 2.45) is 23.7 Å². The molecule has 0 aliphatic carbocycles. The van der Waals surface area contributed by atoms with Crippen molar-refractivity contribution < 1.29 is 80.2 Å². The van der Waals surface area contributed by atoms with Crippen molar-refractivity contribution in [3.05, 3.63) is 0 Å². The van der Waals surface area contributed by atoms with Gasteiger partial charge in [-0.3, -0.25) is 37.3 Å². The summed E-state index contributed by atoms with van der Waals surface area (Å²) in [7, 11) is -9.90. The number of carbonyl (C=O) groups excluding carboxylic acids is 4. The maximum absolute atomic E-state index is 13.0. The van der Waals surface area contributed by atoms with E-state index < -0.39 is 97.5 Å². The quantitative estimate of drug-likeness (QED) is 0.0222. The van der Waals surface area contributed by atoms with Gasteiger partial charge in [-0.25, -0.2) is 9.13 Å². The molecular weight excluding hydrogens is 1160 g/mol. The Morgan fingerprint density at radius 3 is 0.807 bits per heavy atom. The molecule has 0 rings (SSSR count). The molecule has 0 aromatic carbocycles. The first-order valence-corrected chi connectivity index (χ1v) is 38.7. The summed E-state index contributed by atoms with van der Waals surface area (Å²) in [5.74, 6) is 0.851. The predicted octanol–water partition coefficient (Wildman–Crippen LogP) is 19.3. The van der Waals surface area contributed by atoms with Crippen LogP contribution in [0.4, 0.5) is 0 Å². The van der Waals surface area contributed by atoms with Gasteiger partial charge in [0.25, 0.3) is 0 Å². The lowest BCUT2D eigenvalue weighted by molar-refractivity contribution is -0.161. The fourth-order valence-corrected chi connectivity index (χ4v) is 11.9. The van der Waals surface area contributed by atoms with Gasteiger partial charge in [0.2, 0.25) is 0 Å². The molecule has 4 unspecified atom stereocenters. The number of hydrogen-bond donors (Lipinski definition) is 3. The Hall–Kier alpha value is -1.94. The smallest absolute Gasteiger partial charge is 0.462 e. The molecule has 0 aliphatic heterocycles. The number of aliphatic hydroxyl groups excluding tert-OH is 1. The summed E-state index contributed by atoms with van der Waals surface area (Å²) < 4.78 is 68.2. The molecule has 0 heterocycles. The van der Waals surface area contributed by atoms with Gasteiger partial charge in [-0.2, -0.15) is 0 Å². The Bertz CT molecular complexity index is 1750. The topological polar surface area (TPSA) is 237 Å². The summed E-state index contributed by atoms with van der Waals surface area (Å²) in [5, 5.41) is 10.6. The maximum atomic E-state index is 13.0. The molecule has 0 aromatic rings. The van der Waals surface area contributed by atoms with E-state index in [-0.39, 0.29) is 25.7 Å². The monoisotopic (exact) mass is 1300 g/mol. The molecule has 0 aromatic heterocycles. The number of ether oxygens (including phenoxy) is 4. The molecule has 0 saturated heterocycles. The summed E-state index contributed by atoms with van der Waals surface area (Å²) in [6, 6.07) is 0. The molecule has 0 spiro atoms. The van der Waals surface area contributed by atoms with Crippen LogP contribution in [0.2, 0.25) is 0 Å². The zero-order valence-corrected chi connectivity index (χ0v) is 59.1. The van der Waals surface area contributed by atoms with E-state index in [9.17, 15) is 43.2 Å².